The third kappa shape index (κ3) is 3.69. The number of hydrogen-bond donors (Lipinski definition) is 3. The number of nitrogens with zero attached hydrogens (tertiary/aromatic N) is 4. The standard InChI is InChI=1S/C20H15F3N6O2/c21-20(22,23)12-3-1-2-10(6-12)14-8-16(25-13-4-5-13)29-17(26-14)11(9-24-29)7-15-18(30)28-19(31)27-15/h1-3,6-9,13,30H,4-5H2,(H2,27,28,31). The van der Waals surface area contributed by atoms with Gasteiger partial charge in [0.05, 0.1) is 23.5 Å². The van der Waals surface area contributed by atoms with Crippen molar-refractivity contribution >= 4 is 11.7 Å². The molecule has 1 aliphatic rings. The fourth-order valence-corrected chi connectivity index (χ4v) is 3.20. The van der Waals surface area contributed by atoms with Gasteiger partial charge >= 0.3 is 11.9 Å². The van der Waals surface area contributed by atoms with Crippen LogP contribution in [0.5, 0.6) is 5.88 Å². The first kappa shape index (κ1) is 19.1. The van der Waals surface area contributed by atoms with Gasteiger partial charge in [-0.1, -0.05) is 12.1 Å². The van der Waals surface area contributed by atoms with E-state index in [-0.39, 0.29) is 23.2 Å². The summed E-state index contributed by atoms with van der Waals surface area (Å²) in [6, 6.07) is 6.66. The molecule has 31 heavy (non-hydrogen) atoms. The third-order valence-corrected chi connectivity index (χ3v) is 4.86. The maximum absolute atomic E-state index is 13.2. The van der Waals surface area contributed by atoms with Crippen LogP contribution in [-0.2, 0) is 6.18 Å². The Morgan fingerprint density at radius 1 is 1.23 bits per heavy atom. The number of hydrogen-bond acceptors (Lipinski definition) is 5. The molecule has 0 aliphatic heterocycles. The lowest BCUT2D eigenvalue weighted by molar-refractivity contribution is -0.137. The predicted molar refractivity (Wildman–Crippen MR) is 104 cm³/mol. The predicted octanol–water partition coefficient (Wildman–Crippen LogP) is 1.75. The summed E-state index contributed by atoms with van der Waals surface area (Å²) in [5, 5.41) is 14.6. The van der Waals surface area contributed by atoms with Gasteiger partial charge in [-0.05, 0) is 31.1 Å². The molecule has 0 spiro atoms. The van der Waals surface area contributed by atoms with Crippen molar-refractivity contribution in [3.05, 3.63) is 69.0 Å². The Labute approximate surface area is 171 Å². The Hall–Kier alpha value is -3.89. The molecule has 0 unspecified atom stereocenters. The molecule has 1 fully saturated rings. The summed E-state index contributed by atoms with van der Waals surface area (Å²) >= 11 is 0. The van der Waals surface area contributed by atoms with Crippen LogP contribution in [0, 0.1) is 0 Å². The van der Waals surface area contributed by atoms with Gasteiger partial charge in [0.25, 0.3) is 0 Å². The second-order valence-electron chi connectivity index (χ2n) is 7.26. The lowest BCUT2D eigenvalue weighted by Crippen LogP contribution is -2.19. The van der Waals surface area contributed by atoms with E-state index in [2.05, 4.69) is 25.0 Å². The summed E-state index contributed by atoms with van der Waals surface area (Å²) in [5.74, 6) is -0.346. The first-order valence-electron chi connectivity index (χ1n) is 9.41. The van der Waals surface area contributed by atoms with Gasteiger partial charge in [-0.3, -0.25) is 9.98 Å². The fourth-order valence-electron chi connectivity index (χ4n) is 3.20. The number of rotatable bonds is 3. The summed E-state index contributed by atoms with van der Waals surface area (Å²) in [6.07, 6.45) is 0.339. The van der Waals surface area contributed by atoms with Crippen LogP contribution in [0.2, 0.25) is 0 Å². The molecule has 4 aromatic rings. The van der Waals surface area contributed by atoms with Crippen LogP contribution in [0.1, 0.15) is 24.1 Å². The first-order chi connectivity index (χ1) is 14.8. The quantitative estimate of drug-likeness (QED) is 0.462. The van der Waals surface area contributed by atoms with Crippen molar-refractivity contribution in [3.8, 4) is 17.1 Å². The second kappa shape index (κ2) is 6.83. The summed E-state index contributed by atoms with van der Waals surface area (Å²) in [6.45, 7) is 0. The van der Waals surface area contributed by atoms with Crippen LogP contribution in [0.4, 0.5) is 13.2 Å². The van der Waals surface area contributed by atoms with Gasteiger partial charge in [0.1, 0.15) is 5.69 Å². The maximum atomic E-state index is 13.2. The van der Waals surface area contributed by atoms with E-state index in [0.717, 1.165) is 25.0 Å². The highest BCUT2D eigenvalue weighted by atomic mass is 19.4. The molecular weight excluding hydrogens is 413 g/mol. The monoisotopic (exact) mass is 428 g/mol. The molecule has 5 rings (SSSR count). The highest BCUT2D eigenvalue weighted by Gasteiger charge is 2.30. The summed E-state index contributed by atoms with van der Waals surface area (Å²) in [4.78, 5) is 25.2. The molecule has 158 valence electrons. The van der Waals surface area contributed by atoms with E-state index in [9.17, 15) is 23.1 Å². The average Bonchev–Trinajstić information content (AvgIpc) is 3.35. The Morgan fingerprint density at radius 2 is 2.03 bits per heavy atom. The van der Waals surface area contributed by atoms with E-state index in [4.69, 9.17) is 0 Å². The van der Waals surface area contributed by atoms with Crippen molar-refractivity contribution in [3.63, 3.8) is 0 Å². The summed E-state index contributed by atoms with van der Waals surface area (Å²) in [5.41, 5.74) is 0.160. The molecule has 1 aromatic carbocycles. The number of fused-ring (bicyclic) bond motifs is 1. The van der Waals surface area contributed by atoms with E-state index in [1.54, 1.807) is 12.1 Å². The van der Waals surface area contributed by atoms with Crippen LogP contribution in [-0.4, -0.2) is 35.7 Å². The lowest BCUT2D eigenvalue weighted by Gasteiger charge is -2.09. The van der Waals surface area contributed by atoms with Crippen LogP contribution < -0.4 is 16.4 Å². The Kier molecular flexibility index (Phi) is 4.20. The van der Waals surface area contributed by atoms with Gasteiger partial charge in [0.2, 0.25) is 5.88 Å². The van der Waals surface area contributed by atoms with Gasteiger partial charge in [-0.2, -0.15) is 22.8 Å². The molecule has 0 bridgehead atoms. The Balaban J connectivity index is 1.75. The summed E-state index contributed by atoms with van der Waals surface area (Å²) < 4.78 is 41.0. The van der Waals surface area contributed by atoms with Crippen LogP contribution in [0.25, 0.3) is 23.0 Å². The zero-order valence-electron chi connectivity index (χ0n) is 15.8. The van der Waals surface area contributed by atoms with Gasteiger partial charge in [0.15, 0.2) is 11.1 Å². The number of benzene rings is 1. The number of aromatic nitrogens is 5. The van der Waals surface area contributed by atoms with E-state index < -0.39 is 17.4 Å². The fraction of sp³-hybridized carbons (Fsp3) is 0.200. The number of alkyl halides is 3. The number of nitrogens with one attached hydrogen (secondary N) is 2. The third-order valence-electron chi connectivity index (χ3n) is 4.86. The second-order valence-corrected chi connectivity index (χ2v) is 7.26. The largest absolute Gasteiger partial charge is 0.493 e. The topological polar surface area (TPSA) is 111 Å². The lowest BCUT2D eigenvalue weighted by atomic mass is 10.1. The molecule has 1 aliphatic carbocycles. The van der Waals surface area contributed by atoms with E-state index in [0.29, 0.717) is 22.0 Å². The van der Waals surface area contributed by atoms with Crippen LogP contribution in [0.15, 0.2) is 46.3 Å². The molecule has 0 radical (unpaired) electrons. The summed E-state index contributed by atoms with van der Waals surface area (Å²) in [7, 11) is 0. The highest BCUT2D eigenvalue weighted by molar-refractivity contribution is 5.64. The zero-order valence-corrected chi connectivity index (χ0v) is 15.8. The van der Waals surface area contributed by atoms with Crippen molar-refractivity contribution in [2.45, 2.75) is 25.1 Å². The van der Waals surface area contributed by atoms with Crippen molar-refractivity contribution < 1.29 is 18.3 Å². The first-order valence-corrected chi connectivity index (χ1v) is 9.41. The normalized spacial score (nSPS) is 15.8. The van der Waals surface area contributed by atoms with Crippen LogP contribution >= 0.6 is 0 Å². The van der Waals surface area contributed by atoms with Gasteiger partial charge in [-0.25, -0.2) is 9.78 Å². The SMILES string of the molecule is O=c1[nH]c(O)c(C=c2cnn3c(=NC4CC4)cc(-c4cccc(C(F)(F)F)c4)nc23)[nH]1. The minimum Gasteiger partial charge on any atom is -0.493 e. The molecule has 3 N–H and O–H groups in total. The van der Waals surface area contributed by atoms with Crippen molar-refractivity contribution in [1.82, 2.24) is 24.6 Å². The molecule has 0 saturated heterocycles. The maximum Gasteiger partial charge on any atom is 0.416 e. The Morgan fingerprint density at radius 3 is 2.71 bits per heavy atom. The minimum absolute atomic E-state index is 0.131. The van der Waals surface area contributed by atoms with E-state index >= 15 is 0 Å². The number of aromatic amines is 2. The molecule has 0 atom stereocenters. The number of imidazole rings is 1. The number of halogens is 3. The van der Waals surface area contributed by atoms with Gasteiger partial charge in [0, 0.05) is 16.8 Å². The van der Waals surface area contributed by atoms with Crippen molar-refractivity contribution in [2.24, 2.45) is 4.99 Å². The van der Waals surface area contributed by atoms with E-state index in [1.165, 1.54) is 22.9 Å². The Bertz CT molecular complexity index is 1480. The average molecular weight is 428 g/mol. The van der Waals surface area contributed by atoms with E-state index in [1.807, 2.05) is 0 Å². The molecule has 0 amide bonds. The van der Waals surface area contributed by atoms with Gasteiger partial charge < -0.3 is 10.1 Å². The van der Waals surface area contributed by atoms with Crippen molar-refractivity contribution in [1.29, 1.82) is 0 Å². The number of H-pyrrole nitrogens is 2. The molecular formula is C20H15F3N6O2. The van der Waals surface area contributed by atoms with Crippen molar-refractivity contribution in [2.75, 3.05) is 0 Å². The smallest absolute Gasteiger partial charge is 0.416 e. The molecule has 3 heterocycles. The molecule has 8 nitrogen and oxygen atoms in total. The van der Waals surface area contributed by atoms with Crippen LogP contribution in [0.3, 0.4) is 0 Å². The molecule has 1 saturated carbocycles. The molecule has 3 aromatic heterocycles. The van der Waals surface area contributed by atoms with Gasteiger partial charge in [-0.15, -0.1) is 0 Å². The number of aromatic hydroxyl groups is 1. The molecule has 11 heteroatoms. The zero-order chi connectivity index (χ0) is 21.8. The minimum atomic E-state index is -4.48. The highest BCUT2D eigenvalue weighted by Crippen LogP contribution is 2.31.